The normalized spacial score (nSPS) is 25.4. The van der Waals surface area contributed by atoms with E-state index in [4.69, 9.17) is 12.2 Å². The van der Waals surface area contributed by atoms with Crippen LogP contribution < -0.4 is 5.32 Å². The Morgan fingerprint density at radius 3 is 2.75 bits per heavy atom. The zero-order valence-electron chi connectivity index (χ0n) is 11.6. The van der Waals surface area contributed by atoms with Crippen LogP contribution in [-0.2, 0) is 14.4 Å². The summed E-state index contributed by atoms with van der Waals surface area (Å²) in [6.07, 6.45) is 1.69. The minimum absolute atomic E-state index is 0.0659. The molecule has 1 aromatic carbocycles. The second kappa shape index (κ2) is 6.65. The van der Waals surface area contributed by atoms with E-state index in [0.29, 0.717) is 16.6 Å². The quantitative estimate of drug-likeness (QED) is 0.661. The molecule has 2 rings (SSSR count). The number of rotatable bonds is 4. The lowest BCUT2D eigenvalue weighted by atomic mass is 10.2. The fourth-order valence-corrected chi connectivity index (χ4v) is 4.55. The SMILES string of the molecule is CCCN(C(=S)Nc1ccccc1)[C@@H]1CC[S+](=O)(O)C1. The van der Waals surface area contributed by atoms with Crippen LogP contribution in [0.15, 0.2) is 30.3 Å². The predicted octanol–water partition coefficient (Wildman–Crippen LogP) is 2.84. The fourth-order valence-electron chi connectivity index (χ4n) is 2.44. The van der Waals surface area contributed by atoms with Gasteiger partial charge in [-0.05, 0) is 30.8 Å². The Balaban J connectivity index is 2.05. The molecule has 1 aliphatic rings. The maximum absolute atomic E-state index is 11.8. The number of nitrogens with zero attached hydrogens (tertiary/aromatic N) is 1. The summed E-state index contributed by atoms with van der Waals surface area (Å²) in [5.74, 6) is 0.704. The van der Waals surface area contributed by atoms with Gasteiger partial charge in [0.05, 0.1) is 6.04 Å². The average molecular weight is 313 g/mol. The number of anilines is 1. The summed E-state index contributed by atoms with van der Waals surface area (Å²) >= 11 is 5.47. The summed E-state index contributed by atoms with van der Waals surface area (Å²) in [6, 6.07) is 9.84. The molecular weight excluding hydrogens is 292 g/mol. The van der Waals surface area contributed by atoms with Crippen LogP contribution in [0.4, 0.5) is 5.69 Å². The lowest BCUT2D eigenvalue weighted by Crippen LogP contribution is -2.44. The van der Waals surface area contributed by atoms with Crippen molar-refractivity contribution in [3.63, 3.8) is 0 Å². The average Bonchev–Trinajstić information content (AvgIpc) is 2.77. The van der Waals surface area contributed by atoms with E-state index in [2.05, 4.69) is 17.1 Å². The molecular formula is C14H21N2O2S2+. The zero-order chi connectivity index (χ0) is 14.6. The molecule has 0 aliphatic carbocycles. The first kappa shape index (κ1) is 15.4. The highest BCUT2D eigenvalue weighted by atomic mass is 32.3. The number of hydrogen-bond acceptors (Lipinski definition) is 2. The van der Waals surface area contributed by atoms with Crippen molar-refractivity contribution in [2.45, 2.75) is 25.8 Å². The molecule has 2 N–H and O–H groups in total. The van der Waals surface area contributed by atoms with Crippen LogP contribution in [0.5, 0.6) is 0 Å². The summed E-state index contributed by atoms with van der Waals surface area (Å²) in [6.45, 7) is 2.89. The number of thiocarbonyl (C=S) groups is 1. The molecule has 1 heterocycles. The van der Waals surface area contributed by atoms with Crippen LogP contribution in [0.3, 0.4) is 0 Å². The number of hydrogen-bond donors (Lipinski definition) is 2. The van der Waals surface area contributed by atoms with Gasteiger partial charge >= 0.3 is 0 Å². The second-order valence-corrected chi connectivity index (χ2v) is 7.75. The number of benzene rings is 1. The monoisotopic (exact) mass is 313 g/mol. The summed E-state index contributed by atoms with van der Waals surface area (Å²) in [7, 11) is -2.64. The molecule has 110 valence electrons. The minimum Gasteiger partial charge on any atom is -0.341 e. The Hall–Kier alpha value is -0.980. The summed E-state index contributed by atoms with van der Waals surface area (Å²) in [5.41, 5.74) is 0.946. The third-order valence-corrected chi connectivity index (χ3v) is 5.53. The van der Waals surface area contributed by atoms with Crippen molar-refractivity contribution in [3.8, 4) is 0 Å². The maximum Gasteiger partial charge on any atom is 0.216 e. The van der Waals surface area contributed by atoms with Gasteiger partial charge in [-0.1, -0.05) is 29.3 Å². The topological polar surface area (TPSA) is 52.6 Å². The molecule has 1 fully saturated rings. The molecule has 0 bridgehead atoms. The summed E-state index contributed by atoms with van der Waals surface area (Å²) < 4.78 is 21.4. The Morgan fingerprint density at radius 1 is 1.50 bits per heavy atom. The van der Waals surface area contributed by atoms with Crippen LogP contribution in [0.25, 0.3) is 0 Å². The molecule has 0 saturated carbocycles. The van der Waals surface area contributed by atoms with Gasteiger partial charge in [0, 0.05) is 18.7 Å². The first-order chi connectivity index (χ1) is 9.52. The van der Waals surface area contributed by atoms with E-state index in [9.17, 15) is 8.76 Å². The van der Waals surface area contributed by atoms with Gasteiger partial charge in [0.1, 0.15) is 5.75 Å². The highest BCUT2D eigenvalue weighted by Crippen LogP contribution is 2.22. The van der Waals surface area contributed by atoms with Crippen molar-refractivity contribution < 1.29 is 8.76 Å². The molecule has 0 spiro atoms. The van der Waals surface area contributed by atoms with E-state index in [1.807, 2.05) is 30.3 Å². The first-order valence-electron chi connectivity index (χ1n) is 6.86. The molecule has 1 aromatic rings. The van der Waals surface area contributed by atoms with Gasteiger partial charge in [0.25, 0.3) is 0 Å². The van der Waals surface area contributed by atoms with Crippen LogP contribution in [0, 0.1) is 0 Å². The molecule has 1 saturated heterocycles. The van der Waals surface area contributed by atoms with E-state index in [1.54, 1.807) is 0 Å². The first-order valence-corrected chi connectivity index (χ1v) is 9.12. The summed E-state index contributed by atoms with van der Waals surface area (Å²) in [4.78, 5) is 2.06. The van der Waals surface area contributed by atoms with Gasteiger partial charge in [-0.3, -0.25) is 0 Å². The van der Waals surface area contributed by atoms with E-state index < -0.39 is 10.2 Å². The van der Waals surface area contributed by atoms with Crippen molar-refractivity contribution in [2.24, 2.45) is 0 Å². The molecule has 0 radical (unpaired) electrons. The Morgan fingerprint density at radius 2 is 2.20 bits per heavy atom. The third-order valence-electron chi connectivity index (χ3n) is 3.41. The van der Waals surface area contributed by atoms with Crippen molar-refractivity contribution in [3.05, 3.63) is 30.3 Å². The maximum atomic E-state index is 11.8. The molecule has 6 heteroatoms. The largest absolute Gasteiger partial charge is 0.341 e. The van der Waals surface area contributed by atoms with E-state index in [0.717, 1.165) is 25.1 Å². The Bertz CT molecular complexity index is 507. The lowest BCUT2D eigenvalue weighted by Gasteiger charge is -2.29. The zero-order valence-corrected chi connectivity index (χ0v) is 13.3. The van der Waals surface area contributed by atoms with Crippen molar-refractivity contribution >= 4 is 33.2 Å². The minimum atomic E-state index is -2.64. The van der Waals surface area contributed by atoms with Gasteiger partial charge in [-0.2, -0.15) is 4.55 Å². The van der Waals surface area contributed by atoms with E-state index >= 15 is 0 Å². The third kappa shape index (κ3) is 4.01. The van der Waals surface area contributed by atoms with Gasteiger partial charge in [0.15, 0.2) is 10.9 Å². The van der Waals surface area contributed by atoms with Crippen molar-refractivity contribution in [1.82, 2.24) is 4.90 Å². The molecule has 0 amide bonds. The van der Waals surface area contributed by atoms with E-state index in [1.165, 1.54) is 0 Å². The molecule has 2 atom stereocenters. The van der Waals surface area contributed by atoms with Crippen LogP contribution in [0.1, 0.15) is 19.8 Å². The van der Waals surface area contributed by atoms with Gasteiger partial charge in [0.2, 0.25) is 10.2 Å². The molecule has 20 heavy (non-hydrogen) atoms. The fraction of sp³-hybridized carbons (Fsp3) is 0.500. The highest BCUT2D eigenvalue weighted by Gasteiger charge is 2.41. The second-order valence-electron chi connectivity index (χ2n) is 5.08. The standard InChI is InChI=1S/C14H20N2O2S2/c1-2-9-16(13-8-10-20(17,18)11-13)14(19)15-12-6-4-3-5-7-12/h3-7,13H,2,8-11H2,1H3,(H-,15,17,18,19)/p+1/t13-/m1/s1. The van der Waals surface area contributed by atoms with Crippen molar-refractivity contribution in [2.75, 3.05) is 23.4 Å². The molecule has 1 unspecified atom stereocenters. The van der Waals surface area contributed by atoms with E-state index in [-0.39, 0.29) is 6.04 Å². The number of nitrogens with one attached hydrogen (secondary N) is 1. The van der Waals surface area contributed by atoms with Crippen molar-refractivity contribution in [1.29, 1.82) is 0 Å². The van der Waals surface area contributed by atoms with Crippen LogP contribution in [0.2, 0.25) is 0 Å². The van der Waals surface area contributed by atoms with Gasteiger partial charge in [-0.15, -0.1) is 0 Å². The Kier molecular flexibility index (Phi) is 5.12. The number of para-hydroxylation sites is 1. The molecule has 1 aliphatic heterocycles. The Labute approximate surface area is 126 Å². The summed E-state index contributed by atoms with van der Waals surface area (Å²) in [5, 5.41) is 3.85. The van der Waals surface area contributed by atoms with Gasteiger partial charge in [-0.25, -0.2) is 0 Å². The highest BCUT2D eigenvalue weighted by molar-refractivity contribution is 7.98. The predicted molar refractivity (Wildman–Crippen MR) is 88.5 cm³/mol. The molecule has 4 nitrogen and oxygen atoms in total. The molecule has 0 aromatic heterocycles. The lowest BCUT2D eigenvalue weighted by molar-refractivity contribution is 0.338. The smallest absolute Gasteiger partial charge is 0.216 e. The van der Waals surface area contributed by atoms with Crippen LogP contribution in [-0.4, -0.2) is 38.7 Å². The van der Waals surface area contributed by atoms with Crippen LogP contribution >= 0.6 is 12.2 Å². The van der Waals surface area contributed by atoms with Gasteiger partial charge < -0.3 is 10.2 Å².